The number of carbonyl (C=O) groups excluding carboxylic acids is 3. The average molecular weight is 575 g/mol. The Kier molecular flexibility index (Phi) is 7.75. The molecule has 2 saturated heterocycles. The Labute approximate surface area is 226 Å². The number of likely N-dealkylation sites (tertiary alicyclic amines) is 1. The minimum Gasteiger partial charge on any atom is -0.379 e. The van der Waals surface area contributed by atoms with E-state index in [1.165, 1.54) is 6.42 Å². The molecule has 0 radical (unpaired) electrons. The predicted molar refractivity (Wildman–Crippen MR) is 143 cm³/mol. The maximum absolute atomic E-state index is 13.9. The average Bonchev–Trinajstić information content (AvgIpc) is 3.51. The fourth-order valence-corrected chi connectivity index (χ4v) is 6.61. The maximum atomic E-state index is 13.9. The van der Waals surface area contributed by atoms with Gasteiger partial charge in [-0.1, -0.05) is 47.3 Å². The van der Waals surface area contributed by atoms with E-state index in [0.29, 0.717) is 25.3 Å². The largest absolute Gasteiger partial charge is 0.379 e. The molecule has 8 nitrogen and oxygen atoms in total. The van der Waals surface area contributed by atoms with E-state index in [1.807, 2.05) is 38.1 Å². The van der Waals surface area contributed by atoms with Crippen molar-refractivity contribution < 1.29 is 23.9 Å². The van der Waals surface area contributed by atoms with Crippen LogP contribution in [0.5, 0.6) is 0 Å². The van der Waals surface area contributed by atoms with Gasteiger partial charge in [-0.15, -0.1) is 0 Å². The molecule has 37 heavy (non-hydrogen) atoms. The van der Waals surface area contributed by atoms with Crippen molar-refractivity contribution in [3.63, 3.8) is 0 Å². The number of amides is 3. The molecular weight excluding hydrogens is 538 g/mol. The minimum absolute atomic E-state index is 0.0891. The second-order valence-corrected chi connectivity index (χ2v) is 11.8. The first-order chi connectivity index (χ1) is 17.8. The Morgan fingerprint density at radius 3 is 2.59 bits per heavy atom. The summed E-state index contributed by atoms with van der Waals surface area (Å²) in [5.41, 5.74) is -0.491. The summed E-state index contributed by atoms with van der Waals surface area (Å²) in [4.78, 5) is 42.8. The summed E-state index contributed by atoms with van der Waals surface area (Å²) in [6.07, 6.45) is 9.12. The van der Waals surface area contributed by atoms with Gasteiger partial charge in [0.15, 0.2) is 0 Å². The van der Waals surface area contributed by atoms with Gasteiger partial charge < -0.3 is 25.0 Å². The fourth-order valence-electron chi connectivity index (χ4n) is 6.35. The van der Waals surface area contributed by atoms with Crippen LogP contribution < -0.4 is 10.6 Å². The van der Waals surface area contributed by atoms with E-state index in [9.17, 15) is 14.4 Å². The smallest absolute Gasteiger partial charge is 0.246 e. The SMILES string of the molecule is CC(C)OCCCN1C(=O)[C@H]2C(C(=O)Nc3ccc(Br)cc3)[C@H]3C=CC2(O3)C1C(=O)NC1CCCCC1. The summed E-state index contributed by atoms with van der Waals surface area (Å²) in [5.74, 6) is -2.11. The molecular formula is C28H36BrN3O5. The van der Waals surface area contributed by atoms with Gasteiger partial charge in [0.05, 0.1) is 24.0 Å². The molecule has 3 amide bonds. The molecule has 2 bridgehead atoms. The van der Waals surface area contributed by atoms with Crippen molar-refractivity contribution in [2.45, 2.75) is 82.3 Å². The molecule has 1 aromatic rings. The van der Waals surface area contributed by atoms with Crippen LogP contribution in [0.2, 0.25) is 0 Å². The molecule has 5 atom stereocenters. The van der Waals surface area contributed by atoms with E-state index < -0.39 is 29.6 Å². The summed E-state index contributed by atoms with van der Waals surface area (Å²) in [6, 6.07) is 6.61. The third kappa shape index (κ3) is 5.10. The van der Waals surface area contributed by atoms with Crippen molar-refractivity contribution in [1.29, 1.82) is 0 Å². The third-order valence-corrected chi connectivity index (χ3v) is 8.51. The number of hydrogen-bond donors (Lipinski definition) is 2. The number of fused-ring (bicyclic) bond motifs is 1. The second kappa shape index (κ2) is 10.9. The van der Waals surface area contributed by atoms with E-state index in [2.05, 4.69) is 26.6 Å². The lowest BCUT2D eigenvalue weighted by Crippen LogP contribution is -2.56. The highest BCUT2D eigenvalue weighted by Crippen LogP contribution is 2.55. The zero-order chi connectivity index (χ0) is 26.2. The lowest BCUT2D eigenvalue weighted by molar-refractivity contribution is -0.141. The second-order valence-electron chi connectivity index (χ2n) is 10.8. The molecule has 3 heterocycles. The Bertz CT molecular complexity index is 1050. The summed E-state index contributed by atoms with van der Waals surface area (Å²) >= 11 is 3.41. The Hall–Kier alpha value is -2.23. The lowest BCUT2D eigenvalue weighted by Gasteiger charge is -2.34. The zero-order valence-corrected chi connectivity index (χ0v) is 23.0. The predicted octanol–water partition coefficient (Wildman–Crippen LogP) is 3.80. The molecule has 1 spiro atoms. The Morgan fingerprint density at radius 2 is 1.89 bits per heavy atom. The van der Waals surface area contributed by atoms with Crippen LogP contribution in [0, 0.1) is 11.8 Å². The first-order valence-corrected chi connectivity index (χ1v) is 14.3. The van der Waals surface area contributed by atoms with Gasteiger partial charge in [0.1, 0.15) is 11.6 Å². The van der Waals surface area contributed by atoms with Gasteiger partial charge in [-0.3, -0.25) is 14.4 Å². The molecule has 0 aromatic heterocycles. The normalized spacial score (nSPS) is 30.7. The van der Waals surface area contributed by atoms with Crippen molar-refractivity contribution in [2.75, 3.05) is 18.5 Å². The molecule has 9 heteroatoms. The molecule has 2 N–H and O–H groups in total. The number of carbonyl (C=O) groups is 3. The highest BCUT2D eigenvalue weighted by Gasteiger charge is 2.72. The number of halogens is 1. The standard InChI is InChI=1S/C28H36BrN3O5/c1-17(2)36-16-6-15-32-24(26(34)31-19-7-4-3-5-8-19)28-14-13-21(37-28)22(23(28)27(32)35)25(33)30-20-11-9-18(29)10-12-20/h9-14,17,19,21-24H,3-8,15-16H2,1-2H3,(H,30,33)(H,31,34)/t21-,22?,23-,24?,28?/m1/s1. The van der Waals surface area contributed by atoms with Crippen LogP contribution >= 0.6 is 15.9 Å². The Balaban J connectivity index is 1.39. The van der Waals surface area contributed by atoms with Crippen molar-refractivity contribution in [3.05, 3.63) is 40.9 Å². The lowest BCUT2D eigenvalue weighted by atomic mass is 9.74. The van der Waals surface area contributed by atoms with Crippen molar-refractivity contribution in [2.24, 2.45) is 11.8 Å². The molecule has 3 fully saturated rings. The Morgan fingerprint density at radius 1 is 1.16 bits per heavy atom. The fraction of sp³-hybridized carbons (Fsp3) is 0.607. The van der Waals surface area contributed by atoms with Crippen molar-refractivity contribution in [3.8, 4) is 0 Å². The van der Waals surface area contributed by atoms with Gasteiger partial charge in [-0.2, -0.15) is 0 Å². The zero-order valence-electron chi connectivity index (χ0n) is 21.5. The first-order valence-electron chi connectivity index (χ1n) is 13.5. The molecule has 1 saturated carbocycles. The van der Waals surface area contributed by atoms with E-state index in [1.54, 1.807) is 17.0 Å². The van der Waals surface area contributed by atoms with E-state index >= 15 is 0 Å². The number of ether oxygens (including phenoxy) is 2. The number of nitrogens with zero attached hydrogens (tertiary/aromatic N) is 1. The monoisotopic (exact) mass is 573 g/mol. The maximum Gasteiger partial charge on any atom is 0.246 e. The van der Waals surface area contributed by atoms with E-state index in [4.69, 9.17) is 9.47 Å². The van der Waals surface area contributed by atoms with Crippen LogP contribution in [0.25, 0.3) is 0 Å². The molecule has 4 aliphatic rings. The van der Waals surface area contributed by atoms with Crippen LogP contribution in [0.3, 0.4) is 0 Å². The van der Waals surface area contributed by atoms with Crippen LogP contribution in [0.4, 0.5) is 5.69 Å². The molecule has 3 unspecified atom stereocenters. The summed E-state index contributed by atoms with van der Waals surface area (Å²) < 4.78 is 13.0. The van der Waals surface area contributed by atoms with Crippen molar-refractivity contribution >= 4 is 39.3 Å². The molecule has 1 aromatic carbocycles. The third-order valence-electron chi connectivity index (χ3n) is 7.98. The molecule has 200 valence electrons. The van der Waals surface area contributed by atoms with Crippen LogP contribution in [0.1, 0.15) is 52.4 Å². The van der Waals surface area contributed by atoms with Crippen LogP contribution in [-0.2, 0) is 23.9 Å². The van der Waals surface area contributed by atoms with Gasteiger partial charge in [0, 0.05) is 29.4 Å². The summed E-state index contributed by atoms with van der Waals surface area (Å²) in [7, 11) is 0. The number of rotatable bonds is 9. The highest BCUT2D eigenvalue weighted by atomic mass is 79.9. The highest BCUT2D eigenvalue weighted by molar-refractivity contribution is 9.10. The van der Waals surface area contributed by atoms with E-state index in [0.717, 1.165) is 30.2 Å². The van der Waals surface area contributed by atoms with Gasteiger partial charge in [0.25, 0.3) is 0 Å². The van der Waals surface area contributed by atoms with E-state index in [-0.39, 0.29) is 29.9 Å². The molecule has 3 aliphatic heterocycles. The summed E-state index contributed by atoms with van der Waals surface area (Å²) in [6.45, 7) is 4.80. The number of hydrogen-bond acceptors (Lipinski definition) is 5. The summed E-state index contributed by atoms with van der Waals surface area (Å²) in [5, 5.41) is 6.17. The van der Waals surface area contributed by atoms with Gasteiger partial charge in [-0.25, -0.2) is 0 Å². The van der Waals surface area contributed by atoms with Crippen LogP contribution in [-0.4, -0.2) is 65.7 Å². The molecule has 5 rings (SSSR count). The van der Waals surface area contributed by atoms with Gasteiger partial charge >= 0.3 is 0 Å². The minimum atomic E-state index is -1.14. The quantitative estimate of drug-likeness (QED) is 0.346. The van der Waals surface area contributed by atoms with Crippen LogP contribution in [0.15, 0.2) is 40.9 Å². The number of anilines is 1. The number of nitrogens with one attached hydrogen (secondary N) is 2. The van der Waals surface area contributed by atoms with Gasteiger partial charge in [0.2, 0.25) is 17.7 Å². The van der Waals surface area contributed by atoms with Crippen molar-refractivity contribution in [1.82, 2.24) is 10.2 Å². The topological polar surface area (TPSA) is 97.0 Å². The first kappa shape index (κ1) is 26.4. The number of benzene rings is 1. The van der Waals surface area contributed by atoms with Gasteiger partial charge in [-0.05, 0) is 57.4 Å². The molecule has 1 aliphatic carbocycles.